The molecular formula is C24H36O4. The maximum Gasteiger partial charge on any atom is 0.303 e. The number of carbonyl (C=O) groups excluding carboxylic acids is 1. The zero-order valence-electron chi connectivity index (χ0n) is 17.6. The summed E-state index contributed by atoms with van der Waals surface area (Å²) in [5.74, 6) is 1.49. The predicted molar refractivity (Wildman–Crippen MR) is 108 cm³/mol. The number of aliphatic hydroxyl groups excluding tert-OH is 1. The molecule has 3 saturated carbocycles. The van der Waals surface area contributed by atoms with Crippen LogP contribution in [-0.4, -0.2) is 28.1 Å². The smallest absolute Gasteiger partial charge is 0.303 e. The second-order valence-corrected chi connectivity index (χ2v) is 10.8. The number of aliphatic carboxylic acids is 1. The first kappa shape index (κ1) is 20.1. The van der Waals surface area contributed by atoms with Crippen molar-refractivity contribution in [3.63, 3.8) is 0 Å². The molecule has 0 aromatic carbocycles. The Hall–Kier alpha value is -1.16. The molecule has 4 aliphatic carbocycles. The molecule has 4 nitrogen and oxygen atoms in total. The molecule has 4 unspecified atom stereocenters. The highest BCUT2D eigenvalue weighted by Gasteiger charge is 2.61. The summed E-state index contributed by atoms with van der Waals surface area (Å²) < 4.78 is 0. The predicted octanol–water partition coefficient (Wildman–Crippen LogP) is 4.61. The van der Waals surface area contributed by atoms with E-state index in [1.165, 1.54) is 5.57 Å². The molecule has 0 amide bonds. The van der Waals surface area contributed by atoms with Gasteiger partial charge in [-0.1, -0.05) is 26.3 Å². The molecule has 0 bridgehead atoms. The summed E-state index contributed by atoms with van der Waals surface area (Å²) in [5.41, 5.74) is 1.43. The molecule has 0 aromatic rings. The van der Waals surface area contributed by atoms with Gasteiger partial charge in [0.2, 0.25) is 0 Å². The summed E-state index contributed by atoms with van der Waals surface area (Å²) in [4.78, 5) is 24.3. The third kappa shape index (κ3) is 2.98. The van der Waals surface area contributed by atoms with Gasteiger partial charge in [-0.25, -0.2) is 0 Å². The Labute approximate surface area is 168 Å². The van der Waals surface area contributed by atoms with Crippen molar-refractivity contribution in [3.05, 3.63) is 11.6 Å². The van der Waals surface area contributed by atoms with Crippen LogP contribution in [0.25, 0.3) is 0 Å². The van der Waals surface area contributed by atoms with Crippen molar-refractivity contribution < 1.29 is 19.8 Å². The molecule has 0 saturated heterocycles. The van der Waals surface area contributed by atoms with E-state index >= 15 is 0 Å². The van der Waals surface area contributed by atoms with E-state index in [1.807, 2.05) is 6.08 Å². The number of carbonyl (C=O) groups is 2. The van der Waals surface area contributed by atoms with Crippen molar-refractivity contribution in [2.45, 2.75) is 84.7 Å². The minimum Gasteiger partial charge on any atom is -0.481 e. The second kappa shape index (κ2) is 6.97. The highest BCUT2D eigenvalue weighted by Crippen LogP contribution is 2.66. The van der Waals surface area contributed by atoms with Crippen molar-refractivity contribution in [1.82, 2.24) is 0 Å². The van der Waals surface area contributed by atoms with Crippen LogP contribution >= 0.6 is 0 Å². The van der Waals surface area contributed by atoms with Gasteiger partial charge >= 0.3 is 5.97 Å². The Morgan fingerprint density at radius 1 is 1.18 bits per heavy atom. The number of fused-ring (bicyclic) bond motifs is 5. The number of ketones is 1. The first-order chi connectivity index (χ1) is 13.2. The molecule has 28 heavy (non-hydrogen) atoms. The van der Waals surface area contributed by atoms with Gasteiger partial charge in [0.15, 0.2) is 5.78 Å². The number of rotatable bonds is 4. The van der Waals surface area contributed by atoms with Crippen LogP contribution < -0.4 is 0 Å². The van der Waals surface area contributed by atoms with Gasteiger partial charge in [-0.2, -0.15) is 0 Å². The third-order valence-electron chi connectivity index (χ3n) is 9.49. The lowest BCUT2D eigenvalue weighted by molar-refractivity contribution is -0.137. The molecular weight excluding hydrogens is 352 g/mol. The van der Waals surface area contributed by atoms with Crippen LogP contribution in [0.5, 0.6) is 0 Å². The van der Waals surface area contributed by atoms with Crippen molar-refractivity contribution in [2.24, 2.45) is 40.4 Å². The minimum atomic E-state index is -0.706. The lowest BCUT2D eigenvalue weighted by Crippen LogP contribution is -2.53. The summed E-state index contributed by atoms with van der Waals surface area (Å²) in [6, 6.07) is 0. The van der Waals surface area contributed by atoms with E-state index in [1.54, 1.807) is 0 Å². The molecule has 0 aliphatic heterocycles. The number of hydrogen-bond donors (Lipinski definition) is 2. The molecule has 3 fully saturated rings. The average Bonchev–Trinajstić information content (AvgIpc) is 2.98. The molecule has 2 N–H and O–H groups in total. The Morgan fingerprint density at radius 3 is 2.64 bits per heavy atom. The van der Waals surface area contributed by atoms with Crippen LogP contribution in [0.4, 0.5) is 0 Å². The summed E-state index contributed by atoms with van der Waals surface area (Å²) in [5, 5.41) is 19.2. The van der Waals surface area contributed by atoms with E-state index in [2.05, 4.69) is 20.8 Å². The van der Waals surface area contributed by atoms with Gasteiger partial charge in [0.1, 0.15) is 0 Å². The number of carboxylic acids is 1. The van der Waals surface area contributed by atoms with Gasteiger partial charge in [0.05, 0.1) is 6.10 Å². The lowest BCUT2D eigenvalue weighted by atomic mass is 9.46. The van der Waals surface area contributed by atoms with Crippen LogP contribution in [0.15, 0.2) is 11.6 Å². The maximum absolute atomic E-state index is 13.3. The van der Waals surface area contributed by atoms with Gasteiger partial charge in [-0.05, 0) is 91.9 Å². The largest absolute Gasteiger partial charge is 0.481 e. The normalized spacial score (nSPS) is 46.2. The van der Waals surface area contributed by atoms with Crippen molar-refractivity contribution >= 4 is 11.8 Å². The average molecular weight is 389 g/mol. The van der Waals surface area contributed by atoms with Crippen molar-refractivity contribution in [2.75, 3.05) is 0 Å². The summed E-state index contributed by atoms with van der Waals surface area (Å²) in [6.45, 7) is 6.96. The zero-order valence-corrected chi connectivity index (χ0v) is 17.6. The lowest BCUT2D eigenvalue weighted by Gasteiger charge is -2.57. The highest BCUT2D eigenvalue weighted by atomic mass is 16.4. The number of hydrogen-bond acceptors (Lipinski definition) is 3. The van der Waals surface area contributed by atoms with Crippen LogP contribution in [0.2, 0.25) is 0 Å². The van der Waals surface area contributed by atoms with Crippen LogP contribution in [-0.2, 0) is 9.59 Å². The summed E-state index contributed by atoms with van der Waals surface area (Å²) in [6.07, 6.45) is 9.60. The summed E-state index contributed by atoms with van der Waals surface area (Å²) in [7, 11) is 0. The first-order valence-corrected chi connectivity index (χ1v) is 11.3. The molecule has 0 heterocycles. The first-order valence-electron chi connectivity index (χ1n) is 11.3. The fourth-order valence-electron chi connectivity index (χ4n) is 7.91. The zero-order chi connectivity index (χ0) is 20.3. The van der Waals surface area contributed by atoms with Gasteiger partial charge in [-0.3, -0.25) is 9.59 Å². The Kier molecular flexibility index (Phi) is 5.01. The number of carboxylic acid groups (broad SMARTS) is 1. The minimum absolute atomic E-state index is 0.0755. The number of allylic oxidation sites excluding steroid dienone is 1. The standard InChI is InChI=1S/C24H36O4/c1-14(4-7-21(27)28)17-5-6-18-22-19(9-11-24(17,18)3)23(2)10-8-16(25)12-15(23)13-20(22)26/h13-14,16-19,22,25H,4-12H2,1-3H3,(H,27,28)/t14-,16-,17?,18?,19?,22?,23+,24-/m1/s1. The quantitative estimate of drug-likeness (QED) is 0.738. The monoisotopic (exact) mass is 388 g/mol. The molecule has 0 radical (unpaired) electrons. The second-order valence-electron chi connectivity index (χ2n) is 10.8. The molecule has 156 valence electrons. The Bertz CT molecular complexity index is 697. The van der Waals surface area contributed by atoms with Crippen molar-refractivity contribution in [1.29, 1.82) is 0 Å². The van der Waals surface area contributed by atoms with Gasteiger partial charge in [0, 0.05) is 12.3 Å². The molecule has 4 aliphatic rings. The summed E-state index contributed by atoms with van der Waals surface area (Å²) >= 11 is 0. The van der Waals surface area contributed by atoms with E-state index in [9.17, 15) is 14.7 Å². The van der Waals surface area contributed by atoms with E-state index in [-0.39, 0.29) is 29.3 Å². The topological polar surface area (TPSA) is 74.6 Å². The van der Waals surface area contributed by atoms with E-state index in [0.717, 1.165) is 44.9 Å². The van der Waals surface area contributed by atoms with E-state index < -0.39 is 5.97 Å². The highest BCUT2D eigenvalue weighted by molar-refractivity contribution is 5.94. The van der Waals surface area contributed by atoms with Crippen LogP contribution in [0, 0.1) is 40.4 Å². The van der Waals surface area contributed by atoms with Gasteiger partial charge in [-0.15, -0.1) is 0 Å². The van der Waals surface area contributed by atoms with E-state index in [4.69, 9.17) is 5.11 Å². The Morgan fingerprint density at radius 2 is 1.93 bits per heavy atom. The third-order valence-corrected chi connectivity index (χ3v) is 9.49. The van der Waals surface area contributed by atoms with Crippen LogP contribution in [0.1, 0.15) is 78.6 Å². The molecule has 8 atom stereocenters. The number of aliphatic hydroxyl groups is 1. The SMILES string of the molecule is C[C@H](CCC(=O)O)C1CCC2C3C(=O)C=C4C[C@H](O)CC[C@]4(C)C3CC[C@@]21C. The van der Waals surface area contributed by atoms with Crippen LogP contribution in [0.3, 0.4) is 0 Å². The van der Waals surface area contributed by atoms with E-state index in [0.29, 0.717) is 35.9 Å². The van der Waals surface area contributed by atoms with Gasteiger partial charge < -0.3 is 10.2 Å². The molecule has 4 heteroatoms. The maximum atomic E-state index is 13.3. The van der Waals surface area contributed by atoms with Gasteiger partial charge in [0.25, 0.3) is 0 Å². The molecule has 4 rings (SSSR count). The van der Waals surface area contributed by atoms with Crippen molar-refractivity contribution in [3.8, 4) is 0 Å². The molecule has 0 aromatic heterocycles. The Balaban J connectivity index is 1.60. The fraction of sp³-hybridized carbons (Fsp3) is 0.833. The molecule has 0 spiro atoms. The fourth-order valence-corrected chi connectivity index (χ4v) is 7.91.